The summed E-state index contributed by atoms with van der Waals surface area (Å²) in [5.74, 6) is 1.48. The Morgan fingerprint density at radius 1 is 1.11 bits per heavy atom. The number of aromatic nitrogens is 2. The molecule has 0 radical (unpaired) electrons. The molecule has 4 rings (SSSR count). The van der Waals surface area contributed by atoms with Gasteiger partial charge in [-0.25, -0.2) is 0 Å². The first-order valence-corrected chi connectivity index (χ1v) is 9.10. The van der Waals surface area contributed by atoms with Gasteiger partial charge in [-0.2, -0.15) is 4.98 Å². The lowest BCUT2D eigenvalue weighted by Gasteiger charge is -2.16. The maximum atomic E-state index is 12.4. The fraction of sp³-hybridized carbons (Fsp3) is 0.286. The lowest BCUT2D eigenvalue weighted by atomic mass is 9.90. The van der Waals surface area contributed by atoms with Crippen molar-refractivity contribution in [2.75, 3.05) is 7.11 Å². The Morgan fingerprint density at radius 3 is 2.67 bits per heavy atom. The lowest BCUT2D eigenvalue weighted by Crippen LogP contribution is -2.23. The van der Waals surface area contributed by atoms with Gasteiger partial charge in [-0.05, 0) is 73.2 Å². The number of benzene rings is 2. The highest BCUT2D eigenvalue weighted by Gasteiger charge is 2.14. The molecule has 1 aromatic heterocycles. The van der Waals surface area contributed by atoms with Crippen LogP contribution in [0.2, 0.25) is 0 Å². The van der Waals surface area contributed by atoms with Gasteiger partial charge in [0.25, 0.3) is 5.91 Å². The molecule has 0 aliphatic heterocycles. The maximum Gasteiger partial charge on any atom is 0.251 e. The zero-order valence-corrected chi connectivity index (χ0v) is 15.2. The number of methoxy groups -OCH3 is 1. The van der Waals surface area contributed by atoms with Crippen LogP contribution in [-0.2, 0) is 19.4 Å². The molecule has 138 valence electrons. The molecule has 6 nitrogen and oxygen atoms in total. The fourth-order valence-corrected chi connectivity index (χ4v) is 3.32. The van der Waals surface area contributed by atoms with E-state index in [0.29, 0.717) is 17.3 Å². The smallest absolute Gasteiger partial charge is 0.251 e. The predicted octanol–water partition coefficient (Wildman–Crippen LogP) is 3.55. The molecular formula is C21H21N3O3. The van der Waals surface area contributed by atoms with Gasteiger partial charge in [0.2, 0.25) is 11.7 Å². The van der Waals surface area contributed by atoms with E-state index < -0.39 is 0 Å². The van der Waals surface area contributed by atoms with Crippen LogP contribution in [0.25, 0.3) is 11.4 Å². The molecule has 1 heterocycles. The van der Waals surface area contributed by atoms with Gasteiger partial charge >= 0.3 is 0 Å². The van der Waals surface area contributed by atoms with Crippen LogP contribution in [0.4, 0.5) is 0 Å². The SMILES string of the molecule is COc1ccc(-c2noc(CNC(=O)c3ccc4c(c3)CCCC4)n2)cc1. The summed E-state index contributed by atoms with van der Waals surface area (Å²) in [5, 5.41) is 6.82. The number of hydrogen-bond donors (Lipinski definition) is 1. The van der Waals surface area contributed by atoms with Crippen LogP contribution in [0, 0.1) is 0 Å². The molecule has 0 fully saturated rings. The zero-order valence-electron chi connectivity index (χ0n) is 15.2. The second-order valence-electron chi connectivity index (χ2n) is 6.61. The number of amides is 1. The average molecular weight is 363 g/mol. The highest BCUT2D eigenvalue weighted by Crippen LogP contribution is 2.22. The van der Waals surface area contributed by atoms with E-state index in [4.69, 9.17) is 9.26 Å². The van der Waals surface area contributed by atoms with E-state index in [0.717, 1.165) is 24.2 Å². The van der Waals surface area contributed by atoms with Crippen molar-refractivity contribution >= 4 is 5.91 Å². The minimum absolute atomic E-state index is 0.132. The predicted molar refractivity (Wildman–Crippen MR) is 101 cm³/mol. The molecule has 1 aliphatic carbocycles. The number of nitrogens with zero attached hydrogens (tertiary/aromatic N) is 2. The quantitative estimate of drug-likeness (QED) is 0.750. The van der Waals surface area contributed by atoms with Crippen LogP contribution >= 0.6 is 0 Å². The zero-order chi connectivity index (χ0) is 18.6. The first-order chi connectivity index (χ1) is 13.2. The number of aryl methyl sites for hydroxylation is 2. The number of ether oxygens (including phenoxy) is 1. The van der Waals surface area contributed by atoms with Crippen LogP contribution in [0.15, 0.2) is 47.0 Å². The Kier molecular flexibility index (Phi) is 4.87. The van der Waals surface area contributed by atoms with E-state index in [2.05, 4.69) is 21.5 Å². The summed E-state index contributed by atoms with van der Waals surface area (Å²) >= 11 is 0. The van der Waals surface area contributed by atoms with Crippen LogP contribution in [-0.4, -0.2) is 23.2 Å². The van der Waals surface area contributed by atoms with Crippen LogP contribution in [0.1, 0.15) is 40.2 Å². The average Bonchev–Trinajstić information content (AvgIpc) is 3.21. The van der Waals surface area contributed by atoms with Crippen LogP contribution < -0.4 is 10.1 Å². The summed E-state index contributed by atoms with van der Waals surface area (Å²) in [4.78, 5) is 16.8. The normalized spacial score (nSPS) is 13.1. The Balaban J connectivity index is 1.40. The third-order valence-electron chi connectivity index (χ3n) is 4.83. The molecule has 1 aliphatic rings. The number of nitrogens with one attached hydrogen (secondary N) is 1. The van der Waals surface area contributed by atoms with Crippen molar-refractivity contribution in [3.63, 3.8) is 0 Å². The molecular weight excluding hydrogens is 342 g/mol. The van der Waals surface area contributed by atoms with Gasteiger partial charge < -0.3 is 14.6 Å². The molecule has 0 atom stereocenters. The molecule has 0 bridgehead atoms. The summed E-state index contributed by atoms with van der Waals surface area (Å²) in [6, 6.07) is 13.3. The molecule has 1 amide bonds. The Bertz CT molecular complexity index is 948. The third kappa shape index (κ3) is 3.84. The standard InChI is InChI=1S/C21H21N3O3/c1-26-18-10-8-15(9-11-18)20-23-19(27-24-20)13-22-21(25)17-7-6-14-4-2-3-5-16(14)12-17/h6-12H,2-5,13H2,1H3,(H,22,25). The van der Waals surface area contributed by atoms with E-state index in [9.17, 15) is 4.79 Å². The van der Waals surface area contributed by atoms with Gasteiger partial charge in [0.1, 0.15) is 5.75 Å². The molecule has 2 aromatic carbocycles. The number of fused-ring (bicyclic) bond motifs is 1. The highest BCUT2D eigenvalue weighted by molar-refractivity contribution is 5.94. The summed E-state index contributed by atoms with van der Waals surface area (Å²) < 4.78 is 10.4. The van der Waals surface area contributed by atoms with Crippen molar-refractivity contribution in [2.24, 2.45) is 0 Å². The van der Waals surface area contributed by atoms with Gasteiger partial charge in [-0.15, -0.1) is 0 Å². The minimum atomic E-state index is -0.132. The first-order valence-electron chi connectivity index (χ1n) is 9.10. The molecule has 6 heteroatoms. The summed E-state index contributed by atoms with van der Waals surface area (Å²) in [6.45, 7) is 0.194. The van der Waals surface area contributed by atoms with E-state index in [1.54, 1.807) is 7.11 Å². The molecule has 27 heavy (non-hydrogen) atoms. The van der Waals surface area contributed by atoms with Gasteiger partial charge in [0.15, 0.2) is 0 Å². The second kappa shape index (κ2) is 7.61. The lowest BCUT2D eigenvalue weighted by molar-refractivity contribution is 0.0946. The van der Waals surface area contributed by atoms with Crippen molar-refractivity contribution in [1.29, 1.82) is 0 Å². The maximum absolute atomic E-state index is 12.4. The first kappa shape index (κ1) is 17.3. The summed E-state index contributed by atoms with van der Waals surface area (Å²) in [7, 11) is 1.62. The van der Waals surface area contributed by atoms with E-state index in [1.165, 1.54) is 24.0 Å². The number of hydrogen-bond acceptors (Lipinski definition) is 5. The number of carbonyl (C=O) groups is 1. The second-order valence-corrected chi connectivity index (χ2v) is 6.61. The molecule has 0 spiro atoms. The van der Waals surface area contributed by atoms with Crippen LogP contribution in [0.3, 0.4) is 0 Å². The van der Waals surface area contributed by atoms with Crippen molar-refractivity contribution in [1.82, 2.24) is 15.5 Å². The van der Waals surface area contributed by atoms with Crippen molar-refractivity contribution in [2.45, 2.75) is 32.2 Å². The summed E-state index contributed by atoms with van der Waals surface area (Å²) in [5.41, 5.74) is 4.14. The molecule has 3 aromatic rings. The highest BCUT2D eigenvalue weighted by atomic mass is 16.5. The van der Waals surface area contributed by atoms with Crippen molar-refractivity contribution in [3.05, 3.63) is 65.0 Å². The van der Waals surface area contributed by atoms with E-state index >= 15 is 0 Å². The Labute approximate surface area is 157 Å². The largest absolute Gasteiger partial charge is 0.497 e. The monoisotopic (exact) mass is 363 g/mol. The minimum Gasteiger partial charge on any atom is -0.497 e. The van der Waals surface area contributed by atoms with Crippen molar-refractivity contribution in [3.8, 4) is 17.1 Å². The van der Waals surface area contributed by atoms with Crippen LogP contribution in [0.5, 0.6) is 5.75 Å². The third-order valence-corrected chi connectivity index (χ3v) is 4.83. The number of rotatable bonds is 5. The van der Waals surface area contributed by atoms with E-state index in [-0.39, 0.29) is 12.5 Å². The molecule has 1 N–H and O–H groups in total. The van der Waals surface area contributed by atoms with Gasteiger partial charge in [-0.3, -0.25) is 4.79 Å². The topological polar surface area (TPSA) is 77.3 Å². The Hall–Kier alpha value is -3.15. The van der Waals surface area contributed by atoms with Gasteiger partial charge in [0.05, 0.1) is 13.7 Å². The summed E-state index contributed by atoms with van der Waals surface area (Å²) in [6.07, 6.45) is 4.57. The van der Waals surface area contributed by atoms with E-state index in [1.807, 2.05) is 36.4 Å². The van der Waals surface area contributed by atoms with Gasteiger partial charge in [-0.1, -0.05) is 11.2 Å². The molecule has 0 saturated heterocycles. The fourth-order valence-electron chi connectivity index (χ4n) is 3.32. The Morgan fingerprint density at radius 2 is 1.89 bits per heavy atom. The van der Waals surface area contributed by atoms with Crippen molar-refractivity contribution < 1.29 is 14.1 Å². The number of carbonyl (C=O) groups excluding carboxylic acids is 1. The molecule has 0 unspecified atom stereocenters. The van der Waals surface area contributed by atoms with Gasteiger partial charge in [0, 0.05) is 11.1 Å². The molecule has 0 saturated carbocycles.